The Hall–Kier alpha value is -2.05. The van der Waals surface area contributed by atoms with Crippen molar-refractivity contribution in [2.45, 2.75) is 0 Å². The van der Waals surface area contributed by atoms with Crippen molar-refractivity contribution in [1.82, 2.24) is 9.97 Å². The lowest BCUT2D eigenvalue weighted by Gasteiger charge is -2.12. The van der Waals surface area contributed by atoms with Gasteiger partial charge in [-0.05, 0) is 12.1 Å². The molecular formula is C11H11ClN4O2. The second-order valence-electron chi connectivity index (χ2n) is 3.24. The summed E-state index contributed by atoms with van der Waals surface area (Å²) in [5, 5.41) is 0.473. The third-order valence-electron chi connectivity index (χ3n) is 2.16. The Morgan fingerprint density at radius 1 is 1.28 bits per heavy atom. The van der Waals surface area contributed by atoms with Gasteiger partial charge in [0.2, 0.25) is 5.75 Å². The molecule has 0 saturated heterocycles. The number of methoxy groups -OCH3 is 1. The molecule has 0 aliphatic carbocycles. The third-order valence-corrected chi connectivity index (χ3v) is 2.47. The molecular weight excluding hydrogens is 256 g/mol. The Morgan fingerprint density at radius 2 is 2.06 bits per heavy atom. The maximum Gasteiger partial charge on any atom is 0.268 e. The zero-order chi connectivity index (χ0) is 13.0. The van der Waals surface area contributed by atoms with Crippen LogP contribution in [0.15, 0.2) is 30.6 Å². The summed E-state index contributed by atoms with van der Waals surface area (Å²) in [6.07, 6.45) is 1.31. The van der Waals surface area contributed by atoms with Gasteiger partial charge in [0, 0.05) is 0 Å². The number of nitrogen functional groups attached to an aromatic ring is 1. The van der Waals surface area contributed by atoms with Gasteiger partial charge in [0.1, 0.15) is 12.1 Å². The Morgan fingerprint density at radius 3 is 2.72 bits per heavy atom. The van der Waals surface area contributed by atoms with Crippen molar-refractivity contribution in [3.63, 3.8) is 0 Å². The second kappa shape index (κ2) is 5.52. The molecule has 3 N–H and O–H groups in total. The van der Waals surface area contributed by atoms with Crippen LogP contribution in [0.2, 0.25) is 5.02 Å². The first-order chi connectivity index (χ1) is 8.76. The van der Waals surface area contributed by atoms with E-state index in [2.05, 4.69) is 15.4 Å². The van der Waals surface area contributed by atoms with Gasteiger partial charge in [-0.25, -0.2) is 10.8 Å². The minimum absolute atomic E-state index is 0.230. The van der Waals surface area contributed by atoms with Gasteiger partial charge < -0.3 is 14.9 Å². The van der Waals surface area contributed by atoms with Gasteiger partial charge in [0.15, 0.2) is 5.82 Å². The van der Waals surface area contributed by atoms with Crippen LogP contribution in [0.5, 0.6) is 17.4 Å². The molecule has 0 spiro atoms. The maximum absolute atomic E-state index is 5.99. The minimum atomic E-state index is 0.230. The highest BCUT2D eigenvalue weighted by Crippen LogP contribution is 2.35. The molecule has 0 atom stereocenters. The maximum atomic E-state index is 5.99. The Bertz CT molecular complexity index is 550. The van der Waals surface area contributed by atoms with Crippen LogP contribution in [0.1, 0.15) is 0 Å². The lowest BCUT2D eigenvalue weighted by Crippen LogP contribution is -2.11. The van der Waals surface area contributed by atoms with Crippen molar-refractivity contribution in [3.8, 4) is 17.4 Å². The lowest BCUT2D eigenvalue weighted by molar-refractivity contribution is 0.369. The lowest BCUT2D eigenvalue weighted by atomic mass is 10.3. The van der Waals surface area contributed by atoms with E-state index in [1.807, 2.05) is 0 Å². The van der Waals surface area contributed by atoms with Crippen molar-refractivity contribution in [1.29, 1.82) is 0 Å². The van der Waals surface area contributed by atoms with Crippen LogP contribution in [0.4, 0.5) is 5.82 Å². The summed E-state index contributed by atoms with van der Waals surface area (Å²) in [6, 6.07) is 7.04. The standard InChI is InChI=1S/C11H11ClN4O2/c1-17-9-10(16-13)14-6-15-11(9)18-8-5-3-2-4-7(8)12/h2-6H,13H2,1H3,(H,14,15,16). The van der Waals surface area contributed by atoms with E-state index in [1.165, 1.54) is 13.4 Å². The van der Waals surface area contributed by atoms with Crippen LogP contribution in [0.3, 0.4) is 0 Å². The first-order valence-corrected chi connectivity index (χ1v) is 5.42. The van der Waals surface area contributed by atoms with Gasteiger partial charge in [0.25, 0.3) is 5.88 Å². The summed E-state index contributed by atoms with van der Waals surface area (Å²) < 4.78 is 10.7. The number of halogens is 1. The van der Waals surface area contributed by atoms with Gasteiger partial charge >= 0.3 is 0 Å². The van der Waals surface area contributed by atoms with Crippen LogP contribution in [0.25, 0.3) is 0 Å². The molecule has 1 aromatic carbocycles. The molecule has 7 heteroatoms. The fourth-order valence-corrected chi connectivity index (χ4v) is 1.52. The summed E-state index contributed by atoms with van der Waals surface area (Å²) in [4.78, 5) is 7.89. The third kappa shape index (κ3) is 2.44. The van der Waals surface area contributed by atoms with E-state index in [9.17, 15) is 0 Å². The number of benzene rings is 1. The van der Waals surface area contributed by atoms with E-state index in [0.717, 1.165) is 0 Å². The van der Waals surface area contributed by atoms with Crippen LogP contribution in [0, 0.1) is 0 Å². The van der Waals surface area contributed by atoms with E-state index in [4.69, 9.17) is 26.9 Å². The number of aromatic nitrogens is 2. The first-order valence-electron chi connectivity index (χ1n) is 5.04. The predicted molar refractivity (Wildman–Crippen MR) is 67.9 cm³/mol. The molecule has 0 amide bonds. The average Bonchev–Trinajstić information content (AvgIpc) is 2.41. The molecule has 0 saturated carbocycles. The summed E-state index contributed by atoms with van der Waals surface area (Å²) in [6.45, 7) is 0. The van der Waals surface area contributed by atoms with Crippen LogP contribution in [-0.2, 0) is 0 Å². The van der Waals surface area contributed by atoms with E-state index in [-0.39, 0.29) is 5.88 Å². The zero-order valence-electron chi connectivity index (χ0n) is 9.55. The number of rotatable bonds is 4. The zero-order valence-corrected chi connectivity index (χ0v) is 10.3. The van der Waals surface area contributed by atoms with Crippen molar-refractivity contribution in [2.75, 3.05) is 12.5 Å². The fraction of sp³-hybridized carbons (Fsp3) is 0.0909. The second-order valence-corrected chi connectivity index (χ2v) is 3.64. The summed E-state index contributed by atoms with van der Waals surface area (Å²) in [5.74, 6) is 6.65. The molecule has 2 rings (SSSR count). The predicted octanol–water partition coefficient (Wildman–Crippen LogP) is 2.22. The molecule has 6 nitrogen and oxygen atoms in total. The summed E-state index contributed by atoms with van der Waals surface area (Å²) in [7, 11) is 1.47. The quantitative estimate of drug-likeness (QED) is 0.652. The molecule has 2 aromatic rings. The van der Waals surface area contributed by atoms with E-state index in [0.29, 0.717) is 22.3 Å². The molecule has 1 aromatic heterocycles. The van der Waals surface area contributed by atoms with Crippen LogP contribution >= 0.6 is 11.6 Å². The molecule has 0 fully saturated rings. The molecule has 0 aliphatic heterocycles. The average molecular weight is 267 g/mol. The van der Waals surface area contributed by atoms with Gasteiger partial charge in [-0.3, -0.25) is 0 Å². The molecule has 0 unspecified atom stereocenters. The van der Waals surface area contributed by atoms with Crippen molar-refractivity contribution >= 4 is 17.4 Å². The minimum Gasteiger partial charge on any atom is -0.489 e. The molecule has 0 aliphatic rings. The molecule has 1 heterocycles. The summed E-state index contributed by atoms with van der Waals surface area (Å²) in [5.41, 5.74) is 2.40. The number of nitrogens with zero attached hydrogens (tertiary/aromatic N) is 2. The number of nitrogens with two attached hydrogens (primary N) is 1. The topological polar surface area (TPSA) is 82.3 Å². The number of hydrogen-bond acceptors (Lipinski definition) is 6. The van der Waals surface area contributed by atoms with Crippen molar-refractivity contribution in [2.24, 2.45) is 5.84 Å². The van der Waals surface area contributed by atoms with E-state index < -0.39 is 0 Å². The van der Waals surface area contributed by atoms with Gasteiger partial charge in [-0.15, -0.1) is 0 Å². The molecule has 18 heavy (non-hydrogen) atoms. The summed E-state index contributed by atoms with van der Waals surface area (Å²) >= 11 is 5.99. The fourth-order valence-electron chi connectivity index (χ4n) is 1.35. The monoisotopic (exact) mass is 266 g/mol. The highest BCUT2D eigenvalue weighted by Gasteiger charge is 2.14. The van der Waals surface area contributed by atoms with E-state index in [1.54, 1.807) is 24.3 Å². The normalized spacial score (nSPS) is 9.94. The highest BCUT2D eigenvalue weighted by molar-refractivity contribution is 6.32. The van der Waals surface area contributed by atoms with Crippen LogP contribution in [-0.4, -0.2) is 17.1 Å². The van der Waals surface area contributed by atoms with Gasteiger partial charge in [0.05, 0.1) is 12.1 Å². The largest absolute Gasteiger partial charge is 0.489 e. The first kappa shape index (κ1) is 12.4. The van der Waals surface area contributed by atoms with Crippen molar-refractivity contribution < 1.29 is 9.47 Å². The van der Waals surface area contributed by atoms with Gasteiger partial charge in [-0.2, -0.15) is 4.98 Å². The highest BCUT2D eigenvalue weighted by atomic mass is 35.5. The number of nitrogens with one attached hydrogen (secondary N) is 1. The molecule has 94 valence electrons. The Balaban J connectivity index is 2.37. The SMILES string of the molecule is COc1c(NN)ncnc1Oc1ccccc1Cl. The van der Waals surface area contributed by atoms with Gasteiger partial charge in [-0.1, -0.05) is 23.7 Å². The molecule has 0 bridgehead atoms. The molecule has 0 radical (unpaired) electrons. The Kier molecular flexibility index (Phi) is 3.81. The van der Waals surface area contributed by atoms with Crippen molar-refractivity contribution in [3.05, 3.63) is 35.6 Å². The number of anilines is 1. The number of para-hydroxylation sites is 1. The van der Waals surface area contributed by atoms with Crippen LogP contribution < -0.4 is 20.7 Å². The number of ether oxygens (including phenoxy) is 2. The smallest absolute Gasteiger partial charge is 0.268 e. The number of hydrazine groups is 1. The Labute approximate surface area is 109 Å². The number of hydrogen-bond donors (Lipinski definition) is 2. The van der Waals surface area contributed by atoms with E-state index >= 15 is 0 Å².